The Morgan fingerprint density at radius 3 is 2.47 bits per heavy atom. The lowest BCUT2D eigenvalue weighted by atomic mass is 9.76. The van der Waals surface area contributed by atoms with E-state index < -0.39 is 11.6 Å². The number of nitrogens with one attached hydrogen (secondary N) is 1. The second-order valence-corrected chi connectivity index (χ2v) is 9.13. The van der Waals surface area contributed by atoms with E-state index in [2.05, 4.69) is 5.32 Å². The number of aryl methyl sites for hydroxylation is 1. The molecular formula is C26H29N3O3. The minimum Gasteiger partial charge on any atom is -0.319 e. The van der Waals surface area contributed by atoms with Gasteiger partial charge in [-0.2, -0.15) is 0 Å². The average molecular weight is 432 g/mol. The van der Waals surface area contributed by atoms with Gasteiger partial charge in [0, 0.05) is 11.7 Å². The van der Waals surface area contributed by atoms with Crippen LogP contribution in [0.1, 0.15) is 56.1 Å². The molecule has 166 valence electrons. The van der Waals surface area contributed by atoms with Gasteiger partial charge in [-0.3, -0.25) is 14.5 Å². The SMILES string of the molecule is O=C1N[C@@]2(CCCc3ccccc32)C(=O)N1CC(=O)N(c1ccccc1)C1CCCCC1. The molecule has 4 amide bonds. The number of benzene rings is 2. The number of hydrogen-bond donors (Lipinski definition) is 1. The van der Waals surface area contributed by atoms with Gasteiger partial charge in [-0.25, -0.2) is 4.79 Å². The van der Waals surface area contributed by atoms with Crippen molar-refractivity contribution in [1.82, 2.24) is 10.2 Å². The Kier molecular flexibility index (Phi) is 5.45. The second kappa shape index (κ2) is 8.41. The van der Waals surface area contributed by atoms with E-state index in [1.54, 1.807) is 0 Å². The molecule has 1 heterocycles. The fraction of sp³-hybridized carbons (Fsp3) is 0.423. The van der Waals surface area contributed by atoms with Gasteiger partial charge in [-0.05, 0) is 55.4 Å². The summed E-state index contributed by atoms with van der Waals surface area (Å²) in [5, 5.41) is 2.96. The van der Waals surface area contributed by atoms with Gasteiger partial charge in [0.25, 0.3) is 5.91 Å². The quantitative estimate of drug-likeness (QED) is 0.740. The van der Waals surface area contributed by atoms with Crippen LogP contribution in [0.4, 0.5) is 10.5 Å². The number of carbonyl (C=O) groups is 3. The third kappa shape index (κ3) is 3.48. The van der Waals surface area contributed by atoms with E-state index in [0.717, 1.165) is 60.2 Å². The van der Waals surface area contributed by atoms with Crippen LogP contribution in [0.2, 0.25) is 0 Å². The summed E-state index contributed by atoms with van der Waals surface area (Å²) in [6.07, 6.45) is 7.52. The van der Waals surface area contributed by atoms with Crippen molar-refractivity contribution in [2.75, 3.05) is 11.4 Å². The first kappa shape index (κ1) is 20.7. The van der Waals surface area contributed by atoms with Crippen molar-refractivity contribution in [3.63, 3.8) is 0 Å². The number of anilines is 1. The number of nitrogens with zero attached hydrogens (tertiary/aromatic N) is 2. The Labute approximate surface area is 188 Å². The van der Waals surface area contributed by atoms with E-state index in [4.69, 9.17) is 0 Å². The fourth-order valence-electron chi connectivity index (χ4n) is 5.65. The molecule has 0 unspecified atom stereocenters. The molecule has 6 heteroatoms. The summed E-state index contributed by atoms with van der Waals surface area (Å²) >= 11 is 0. The highest BCUT2D eigenvalue weighted by atomic mass is 16.2. The molecule has 1 atom stereocenters. The first-order valence-corrected chi connectivity index (χ1v) is 11.7. The number of urea groups is 1. The first-order chi connectivity index (χ1) is 15.6. The number of para-hydroxylation sites is 1. The molecule has 0 aromatic heterocycles. The van der Waals surface area contributed by atoms with E-state index in [1.165, 1.54) is 6.42 Å². The summed E-state index contributed by atoms with van der Waals surface area (Å²) in [6, 6.07) is 17.0. The van der Waals surface area contributed by atoms with E-state index in [9.17, 15) is 14.4 Å². The van der Waals surface area contributed by atoms with Gasteiger partial charge in [-0.1, -0.05) is 61.7 Å². The average Bonchev–Trinajstić information content (AvgIpc) is 3.05. The van der Waals surface area contributed by atoms with Crippen molar-refractivity contribution >= 4 is 23.5 Å². The van der Waals surface area contributed by atoms with E-state index >= 15 is 0 Å². The molecule has 1 N–H and O–H groups in total. The van der Waals surface area contributed by atoms with Crippen LogP contribution < -0.4 is 10.2 Å². The van der Waals surface area contributed by atoms with E-state index in [0.29, 0.717) is 6.42 Å². The second-order valence-electron chi connectivity index (χ2n) is 9.13. The summed E-state index contributed by atoms with van der Waals surface area (Å²) in [4.78, 5) is 43.1. The Morgan fingerprint density at radius 1 is 0.969 bits per heavy atom. The van der Waals surface area contributed by atoms with Gasteiger partial charge < -0.3 is 10.2 Å². The molecule has 2 aromatic rings. The standard InChI is InChI=1S/C26H29N3O3/c30-23(29(20-12-3-1-4-13-20)21-14-5-2-6-15-21)18-28-24(31)26(27-25(28)32)17-9-11-19-10-7-8-16-22(19)26/h1,3-4,7-8,10,12-13,16,21H,2,5-6,9,11,14-15,17-18H2,(H,27,32)/t26-/m1/s1. The van der Waals surface area contributed by atoms with Crippen LogP contribution in [0.25, 0.3) is 0 Å². The van der Waals surface area contributed by atoms with E-state index in [-0.39, 0.29) is 24.4 Å². The largest absolute Gasteiger partial charge is 0.325 e. The molecule has 0 bridgehead atoms. The third-order valence-corrected chi connectivity index (χ3v) is 7.19. The molecule has 2 aromatic carbocycles. The van der Waals surface area contributed by atoms with Crippen LogP contribution in [-0.2, 0) is 21.5 Å². The zero-order chi connectivity index (χ0) is 22.1. The number of fused-ring (bicyclic) bond motifs is 2. The summed E-state index contributed by atoms with van der Waals surface area (Å²) in [6.45, 7) is -0.236. The van der Waals surface area contributed by atoms with Gasteiger partial charge in [0.05, 0.1) is 0 Å². The maximum atomic E-state index is 13.6. The smallest absolute Gasteiger partial charge is 0.319 e. The molecule has 1 aliphatic heterocycles. The summed E-state index contributed by atoms with van der Waals surface area (Å²) < 4.78 is 0. The Morgan fingerprint density at radius 2 is 1.69 bits per heavy atom. The monoisotopic (exact) mass is 431 g/mol. The highest BCUT2D eigenvalue weighted by Gasteiger charge is 2.54. The van der Waals surface area contributed by atoms with Crippen molar-refractivity contribution in [3.05, 3.63) is 65.7 Å². The molecule has 6 nitrogen and oxygen atoms in total. The predicted molar refractivity (Wildman–Crippen MR) is 122 cm³/mol. The molecule has 0 radical (unpaired) electrons. The molecule has 2 aliphatic carbocycles. The molecule has 32 heavy (non-hydrogen) atoms. The van der Waals surface area contributed by atoms with Gasteiger partial charge >= 0.3 is 6.03 Å². The molecule has 5 rings (SSSR count). The Bertz CT molecular complexity index is 1030. The third-order valence-electron chi connectivity index (χ3n) is 7.19. The van der Waals surface area contributed by atoms with Gasteiger partial charge in [0.1, 0.15) is 12.1 Å². The zero-order valence-electron chi connectivity index (χ0n) is 18.3. The topological polar surface area (TPSA) is 69.7 Å². The Hall–Kier alpha value is -3.15. The van der Waals surface area contributed by atoms with Crippen molar-refractivity contribution in [1.29, 1.82) is 0 Å². The van der Waals surface area contributed by atoms with Crippen molar-refractivity contribution in [2.24, 2.45) is 0 Å². The molecule has 1 spiro atoms. The fourth-order valence-corrected chi connectivity index (χ4v) is 5.65. The lowest BCUT2D eigenvalue weighted by Crippen LogP contribution is -2.49. The summed E-state index contributed by atoms with van der Waals surface area (Å²) in [7, 11) is 0. The summed E-state index contributed by atoms with van der Waals surface area (Å²) in [5.74, 6) is -0.507. The molecule has 1 saturated heterocycles. The maximum absolute atomic E-state index is 13.6. The van der Waals surface area contributed by atoms with Crippen LogP contribution in [0.15, 0.2) is 54.6 Å². The van der Waals surface area contributed by atoms with Crippen LogP contribution in [-0.4, -0.2) is 35.3 Å². The van der Waals surface area contributed by atoms with Gasteiger partial charge in [0.15, 0.2) is 0 Å². The molecular weight excluding hydrogens is 402 g/mol. The lowest BCUT2D eigenvalue weighted by Gasteiger charge is -2.35. The zero-order valence-corrected chi connectivity index (χ0v) is 18.3. The number of rotatable bonds is 4. The van der Waals surface area contributed by atoms with Crippen LogP contribution in [0.5, 0.6) is 0 Å². The lowest BCUT2D eigenvalue weighted by molar-refractivity contribution is -0.135. The number of imide groups is 1. The van der Waals surface area contributed by atoms with Crippen LogP contribution in [0.3, 0.4) is 0 Å². The van der Waals surface area contributed by atoms with E-state index in [1.807, 2.05) is 59.5 Å². The van der Waals surface area contributed by atoms with Crippen molar-refractivity contribution < 1.29 is 14.4 Å². The van der Waals surface area contributed by atoms with Gasteiger partial charge in [-0.15, -0.1) is 0 Å². The molecule has 3 aliphatic rings. The normalized spacial score (nSPS) is 23.2. The Balaban J connectivity index is 1.42. The van der Waals surface area contributed by atoms with Crippen molar-refractivity contribution in [3.8, 4) is 0 Å². The van der Waals surface area contributed by atoms with Crippen LogP contribution in [0, 0.1) is 0 Å². The predicted octanol–water partition coefficient (Wildman–Crippen LogP) is 4.14. The summed E-state index contributed by atoms with van der Waals surface area (Å²) in [5.41, 5.74) is 1.74. The number of carbonyl (C=O) groups excluding carboxylic acids is 3. The minimum absolute atomic E-state index is 0.101. The number of amides is 4. The highest BCUT2D eigenvalue weighted by Crippen LogP contribution is 2.40. The first-order valence-electron chi connectivity index (χ1n) is 11.7. The van der Waals surface area contributed by atoms with Crippen LogP contribution >= 0.6 is 0 Å². The van der Waals surface area contributed by atoms with Crippen molar-refractivity contribution in [2.45, 2.75) is 62.9 Å². The highest BCUT2D eigenvalue weighted by molar-refractivity contribution is 6.11. The number of hydrogen-bond acceptors (Lipinski definition) is 3. The molecule has 2 fully saturated rings. The molecule has 1 saturated carbocycles. The minimum atomic E-state index is -1.05. The maximum Gasteiger partial charge on any atom is 0.325 e. The van der Waals surface area contributed by atoms with Gasteiger partial charge in [0.2, 0.25) is 5.91 Å².